The maximum absolute atomic E-state index is 12.6. The number of aromatic nitrogens is 2. The van der Waals surface area contributed by atoms with E-state index in [1.54, 1.807) is 48.8 Å². The average molecular weight is 465 g/mol. The second-order valence-corrected chi connectivity index (χ2v) is 9.96. The van der Waals surface area contributed by atoms with Gasteiger partial charge in [0, 0.05) is 35.9 Å². The lowest BCUT2D eigenvalue weighted by molar-refractivity contribution is 0.102. The van der Waals surface area contributed by atoms with E-state index in [4.69, 9.17) is 0 Å². The van der Waals surface area contributed by atoms with Crippen molar-refractivity contribution >= 4 is 38.1 Å². The standard InChI is InChI=1S/C23H20N4O3S2/c1-27(32(2,29)30)20-11-9-17(10-12-20)21-15-31-23(25-21)26-22(28)18-7-5-16(6-8-18)19-4-3-13-24-14-19/h3-15H,1-2H3,(H,25,26,28). The molecule has 0 saturated heterocycles. The predicted molar refractivity (Wildman–Crippen MR) is 128 cm³/mol. The lowest BCUT2D eigenvalue weighted by atomic mass is 10.1. The molecule has 0 fully saturated rings. The van der Waals surface area contributed by atoms with Crippen molar-refractivity contribution in [3.63, 3.8) is 0 Å². The summed E-state index contributed by atoms with van der Waals surface area (Å²) >= 11 is 1.32. The lowest BCUT2D eigenvalue weighted by Gasteiger charge is -2.16. The minimum absolute atomic E-state index is 0.242. The highest BCUT2D eigenvalue weighted by Crippen LogP contribution is 2.27. The molecule has 0 radical (unpaired) electrons. The SMILES string of the molecule is CN(c1ccc(-c2csc(NC(=O)c3ccc(-c4cccnc4)cc3)n2)cc1)S(C)(=O)=O. The van der Waals surface area contributed by atoms with Gasteiger partial charge in [-0.25, -0.2) is 13.4 Å². The molecule has 0 aliphatic carbocycles. The van der Waals surface area contributed by atoms with Crippen molar-refractivity contribution in [1.29, 1.82) is 0 Å². The fourth-order valence-electron chi connectivity index (χ4n) is 3.01. The molecule has 7 nitrogen and oxygen atoms in total. The third kappa shape index (κ3) is 4.84. The smallest absolute Gasteiger partial charge is 0.257 e. The van der Waals surface area contributed by atoms with E-state index in [-0.39, 0.29) is 5.91 Å². The van der Waals surface area contributed by atoms with E-state index in [1.165, 1.54) is 22.7 Å². The maximum Gasteiger partial charge on any atom is 0.257 e. The van der Waals surface area contributed by atoms with Crippen LogP contribution in [0.1, 0.15) is 10.4 Å². The van der Waals surface area contributed by atoms with Gasteiger partial charge >= 0.3 is 0 Å². The van der Waals surface area contributed by atoms with Gasteiger partial charge in [-0.2, -0.15) is 0 Å². The summed E-state index contributed by atoms with van der Waals surface area (Å²) in [5.41, 5.74) is 4.59. The number of rotatable bonds is 6. The zero-order valence-electron chi connectivity index (χ0n) is 17.4. The van der Waals surface area contributed by atoms with Gasteiger partial charge in [0.05, 0.1) is 17.6 Å². The summed E-state index contributed by atoms with van der Waals surface area (Å²) in [6.07, 6.45) is 4.65. The van der Waals surface area contributed by atoms with Crippen molar-refractivity contribution in [2.75, 3.05) is 22.9 Å². The van der Waals surface area contributed by atoms with E-state index in [2.05, 4.69) is 15.3 Å². The molecule has 2 heterocycles. The van der Waals surface area contributed by atoms with E-state index in [9.17, 15) is 13.2 Å². The predicted octanol–water partition coefficient (Wildman–Crippen LogP) is 4.52. The Kier molecular flexibility index (Phi) is 6.02. The van der Waals surface area contributed by atoms with Crippen LogP contribution >= 0.6 is 11.3 Å². The molecule has 9 heteroatoms. The molecule has 0 spiro atoms. The van der Waals surface area contributed by atoms with Gasteiger partial charge in [0.25, 0.3) is 5.91 Å². The van der Waals surface area contributed by atoms with Crippen LogP contribution in [-0.4, -0.2) is 37.6 Å². The molecule has 162 valence electrons. The third-order valence-corrected chi connectivity index (χ3v) is 6.85. The van der Waals surface area contributed by atoms with Crippen LogP contribution in [0.15, 0.2) is 78.4 Å². The van der Waals surface area contributed by atoms with Crippen molar-refractivity contribution in [3.8, 4) is 22.4 Å². The summed E-state index contributed by atoms with van der Waals surface area (Å²) in [4.78, 5) is 21.2. The van der Waals surface area contributed by atoms with Crippen LogP contribution in [0, 0.1) is 0 Å². The summed E-state index contributed by atoms with van der Waals surface area (Å²) in [7, 11) is -1.81. The van der Waals surface area contributed by atoms with Crippen LogP contribution in [0.3, 0.4) is 0 Å². The second-order valence-electron chi connectivity index (χ2n) is 7.09. The number of hydrogen-bond acceptors (Lipinski definition) is 6. The normalized spacial score (nSPS) is 11.2. The number of anilines is 2. The first-order valence-corrected chi connectivity index (χ1v) is 12.4. The third-order valence-electron chi connectivity index (χ3n) is 4.89. The van der Waals surface area contributed by atoms with Crippen molar-refractivity contribution in [2.24, 2.45) is 0 Å². The minimum atomic E-state index is -3.32. The molecule has 0 atom stereocenters. The highest BCUT2D eigenvalue weighted by molar-refractivity contribution is 7.92. The summed E-state index contributed by atoms with van der Waals surface area (Å²) in [6, 6.07) is 18.2. The van der Waals surface area contributed by atoms with Crippen LogP contribution < -0.4 is 9.62 Å². The number of sulfonamides is 1. The number of thiazole rings is 1. The Labute approximate surface area is 190 Å². The molecule has 2 aromatic heterocycles. The van der Waals surface area contributed by atoms with Crippen molar-refractivity contribution in [1.82, 2.24) is 9.97 Å². The Morgan fingerprint density at radius 3 is 2.28 bits per heavy atom. The molecule has 0 unspecified atom stereocenters. The van der Waals surface area contributed by atoms with Gasteiger partial charge in [-0.05, 0) is 41.5 Å². The Hall–Kier alpha value is -3.56. The summed E-state index contributed by atoms with van der Waals surface area (Å²) < 4.78 is 24.6. The van der Waals surface area contributed by atoms with Crippen LogP contribution in [0.2, 0.25) is 0 Å². The van der Waals surface area contributed by atoms with E-state index in [0.717, 1.165) is 22.9 Å². The Morgan fingerprint density at radius 2 is 1.66 bits per heavy atom. The zero-order chi connectivity index (χ0) is 22.7. The fraction of sp³-hybridized carbons (Fsp3) is 0.0870. The van der Waals surface area contributed by atoms with Crippen molar-refractivity contribution in [2.45, 2.75) is 0 Å². The van der Waals surface area contributed by atoms with Crippen LogP contribution in [-0.2, 0) is 10.0 Å². The number of amides is 1. The quantitative estimate of drug-likeness (QED) is 0.453. The molecular weight excluding hydrogens is 444 g/mol. The van der Waals surface area contributed by atoms with Gasteiger partial charge in [-0.3, -0.25) is 19.4 Å². The van der Waals surface area contributed by atoms with E-state index >= 15 is 0 Å². The van der Waals surface area contributed by atoms with Crippen molar-refractivity contribution in [3.05, 3.63) is 84.0 Å². The van der Waals surface area contributed by atoms with E-state index in [1.807, 2.05) is 29.6 Å². The zero-order valence-corrected chi connectivity index (χ0v) is 19.0. The molecular formula is C23H20N4O3S2. The van der Waals surface area contributed by atoms with Crippen molar-refractivity contribution < 1.29 is 13.2 Å². The minimum Gasteiger partial charge on any atom is -0.298 e. The number of benzene rings is 2. The average Bonchev–Trinajstić information content (AvgIpc) is 3.27. The van der Waals surface area contributed by atoms with E-state index < -0.39 is 10.0 Å². The highest BCUT2D eigenvalue weighted by atomic mass is 32.2. The fourth-order valence-corrected chi connectivity index (χ4v) is 4.23. The highest BCUT2D eigenvalue weighted by Gasteiger charge is 2.13. The monoisotopic (exact) mass is 464 g/mol. The topological polar surface area (TPSA) is 92.3 Å². The molecule has 0 saturated carbocycles. The number of carbonyl (C=O) groups excluding carboxylic acids is 1. The summed E-state index contributed by atoms with van der Waals surface area (Å²) in [5.74, 6) is -0.242. The van der Waals surface area contributed by atoms with Gasteiger partial charge in [0.1, 0.15) is 0 Å². The van der Waals surface area contributed by atoms with Crippen LogP contribution in [0.4, 0.5) is 10.8 Å². The second kappa shape index (κ2) is 8.89. The lowest BCUT2D eigenvalue weighted by Crippen LogP contribution is -2.24. The maximum atomic E-state index is 12.6. The largest absolute Gasteiger partial charge is 0.298 e. The van der Waals surface area contributed by atoms with Gasteiger partial charge < -0.3 is 0 Å². The first-order valence-electron chi connectivity index (χ1n) is 9.63. The first-order chi connectivity index (χ1) is 15.3. The Balaban J connectivity index is 1.44. The number of carbonyl (C=O) groups is 1. The number of nitrogens with zero attached hydrogens (tertiary/aromatic N) is 3. The van der Waals surface area contributed by atoms with Crippen LogP contribution in [0.25, 0.3) is 22.4 Å². The van der Waals surface area contributed by atoms with Gasteiger partial charge in [0.15, 0.2) is 5.13 Å². The Morgan fingerprint density at radius 1 is 0.969 bits per heavy atom. The van der Waals surface area contributed by atoms with Crippen LogP contribution in [0.5, 0.6) is 0 Å². The molecule has 1 N–H and O–H groups in total. The van der Waals surface area contributed by atoms with Gasteiger partial charge in [-0.15, -0.1) is 11.3 Å². The number of pyridine rings is 1. The molecule has 0 aliphatic heterocycles. The van der Waals surface area contributed by atoms with E-state index in [0.29, 0.717) is 22.1 Å². The summed E-state index contributed by atoms with van der Waals surface area (Å²) in [5, 5.41) is 5.15. The molecule has 4 aromatic rings. The summed E-state index contributed by atoms with van der Waals surface area (Å²) in [6.45, 7) is 0. The van der Waals surface area contributed by atoms with Gasteiger partial charge in [0.2, 0.25) is 10.0 Å². The number of hydrogen-bond donors (Lipinski definition) is 1. The van der Waals surface area contributed by atoms with Gasteiger partial charge in [-0.1, -0.05) is 30.3 Å². The molecule has 32 heavy (non-hydrogen) atoms. The first kappa shape index (κ1) is 21.7. The molecule has 4 rings (SSSR count). The number of nitrogens with one attached hydrogen (secondary N) is 1. The molecule has 0 bridgehead atoms. The molecule has 0 aliphatic rings. The molecule has 1 amide bonds. The molecule has 2 aromatic carbocycles. The Bertz CT molecular complexity index is 1330.